The van der Waals surface area contributed by atoms with Crippen LogP contribution in [-0.2, 0) is 4.74 Å². The Kier molecular flexibility index (Phi) is 30.9. The molecule has 193 valence electrons. The second kappa shape index (κ2) is 31.0. The van der Waals surface area contributed by atoms with Gasteiger partial charge in [0.15, 0.2) is 0 Å². The standard InChI is InChI=1S/C31H63O/c1-3-5-7-9-11-13-15-16-17-18-19-21-23-25-27-29-31-32-30-28-26-24-22-20-14-12-10-8-6-4-2/h31H,3-30H2,1-2H3. The van der Waals surface area contributed by atoms with Gasteiger partial charge in [0, 0.05) is 6.61 Å². The summed E-state index contributed by atoms with van der Waals surface area (Å²) >= 11 is 0. The van der Waals surface area contributed by atoms with E-state index in [1.807, 2.05) is 0 Å². The SMILES string of the molecule is CCCCCCCCCCCCCCCCC[CH]OCCCCCCCCCCCCC. The fourth-order valence-electron chi connectivity index (χ4n) is 4.62. The molecule has 0 aliphatic carbocycles. The van der Waals surface area contributed by atoms with Gasteiger partial charge in [-0.15, -0.1) is 0 Å². The van der Waals surface area contributed by atoms with Crippen molar-refractivity contribution >= 4 is 0 Å². The molecule has 0 spiro atoms. The molecule has 0 bridgehead atoms. The lowest BCUT2D eigenvalue weighted by Crippen LogP contribution is -1.92. The molecule has 0 unspecified atom stereocenters. The number of ether oxygens (including phenoxy) is 1. The van der Waals surface area contributed by atoms with Crippen LogP contribution in [0.3, 0.4) is 0 Å². The van der Waals surface area contributed by atoms with E-state index in [2.05, 4.69) is 20.5 Å². The second-order valence-electron chi connectivity index (χ2n) is 10.3. The fraction of sp³-hybridized carbons (Fsp3) is 0.968. The van der Waals surface area contributed by atoms with E-state index in [-0.39, 0.29) is 0 Å². The number of hydrogen-bond donors (Lipinski definition) is 0. The van der Waals surface area contributed by atoms with Gasteiger partial charge >= 0.3 is 0 Å². The van der Waals surface area contributed by atoms with Crippen molar-refractivity contribution in [1.29, 1.82) is 0 Å². The van der Waals surface area contributed by atoms with Crippen molar-refractivity contribution in [3.8, 4) is 0 Å². The van der Waals surface area contributed by atoms with Gasteiger partial charge < -0.3 is 4.74 Å². The van der Waals surface area contributed by atoms with Gasteiger partial charge in [0.2, 0.25) is 0 Å². The summed E-state index contributed by atoms with van der Waals surface area (Å²) in [7, 11) is 0. The molecule has 0 saturated heterocycles. The zero-order chi connectivity index (χ0) is 23.2. The van der Waals surface area contributed by atoms with Gasteiger partial charge in [-0.25, -0.2) is 0 Å². The first-order valence-corrected chi connectivity index (χ1v) is 15.3. The minimum absolute atomic E-state index is 0.940. The first-order chi connectivity index (χ1) is 15.9. The molecule has 0 rings (SSSR count). The molecule has 0 amide bonds. The lowest BCUT2D eigenvalue weighted by Gasteiger charge is -2.05. The van der Waals surface area contributed by atoms with Crippen LogP contribution >= 0.6 is 0 Å². The molecule has 0 saturated carbocycles. The van der Waals surface area contributed by atoms with Gasteiger partial charge in [0.25, 0.3) is 0 Å². The van der Waals surface area contributed by atoms with E-state index in [0.717, 1.165) is 13.0 Å². The Morgan fingerprint density at radius 1 is 0.344 bits per heavy atom. The van der Waals surface area contributed by atoms with E-state index in [4.69, 9.17) is 4.74 Å². The number of rotatable bonds is 29. The highest BCUT2D eigenvalue weighted by Crippen LogP contribution is 2.14. The van der Waals surface area contributed by atoms with E-state index in [9.17, 15) is 0 Å². The van der Waals surface area contributed by atoms with Crippen LogP contribution in [0.2, 0.25) is 0 Å². The molecular weight excluding hydrogens is 388 g/mol. The van der Waals surface area contributed by atoms with Crippen molar-refractivity contribution < 1.29 is 4.74 Å². The van der Waals surface area contributed by atoms with E-state index >= 15 is 0 Å². The van der Waals surface area contributed by atoms with Crippen molar-refractivity contribution in [3.63, 3.8) is 0 Å². The third-order valence-corrected chi connectivity index (χ3v) is 6.91. The molecule has 1 heteroatoms. The summed E-state index contributed by atoms with van der Waals surface area (Å²) in [6.07, 6.45) is 38.2. The molecule has 1 radical (unpaired) electrons. The van der Waals surface area contributed by atoms with Gasteiger partial charge in [0.05, 0.1) is 6.61 Å². The normalized spacial score (nSPS) is 11.4. The largest absolute Gasteiger partial charge is 0.376 e. The third-order valence-electron chi connectivity index (χ3n) is 6.91. The molecule has 32 heavy (non-hydrogen) atoms. The molecule has 0 atom stereocenters. The summed E-state index contributed by atoms with van der Waals surface area (Å²) in [4.78, 5) is 0. The average Bonchev–Trinajstić information content (AvgIpc) is 2.81. The van der Waals surface area contributed by atoms with Crippen LogP contribution in [0, 0.1) is 6.61 Å². The van der Waals surface area contributed by atoms with Crippen LogP contribution in [0.4, 0.5) is 0 Å². The van der Waals surface area contributed by atoms with Crippen molar-refractivity contribution in [2.45, 2.75) is 187 Å². The highest BCUT2D eigenvalue weighted by Gasteiger charge is 1.96. The molecule has 0 aromatic heterocycles. The summed E-state index contributed by atoms with van der Waals surface area (Å²) in [5, 5.41) is 0. The Bertz CT molecular complexity index is 271. The molecule has 0 aromatic rings. The van der Waals surface area contributed by atoms with Crippen molar-refractivity contribution in [2.24, 2.45) is 0 Å². The first kappa shape index (κ1) is 32.0. The van der Waals surface area contributed by atoms with Crippen LogP contribution in [0.1, 0.15) is 187 Å². The predicted octanol–water partition coefficient (Wildman–Crippen LogP) is 11.7. The summed E-state index contributed by atoms with van der Waals surface area (Å²) in [5.74, 6) is 0. The summed E-state index contributed by atoms with van der Waals surface area (Å²) < 4.78 is 5.71. The summed E-state index contributed by atoms with van der Waals surface area (Å²) in [6.45, 7) is 7.62. The molecule has 0 aliphatic rings. The molecular formula is C31H63O. The highest BCUT2D eigenvalue weighted by molar-refractivity contribution is 4.54. The predicted molar refractivity (Wildman–Crippen MR) is 146 cm³/mol. The monoisotopic (exact) mass is 451 g/mol. The first-order valence-electron chi connectivity index (χ1n) is 15.3. The van der Waals surface area contributed by atoms with Gasteiger partial charge in [-0.2, -0.15) is 0 Å². The van der Waals surface area contributed by atoms with E-state index in [1.165, 1.54) is 167 Å². The maximum Gasteiger partial charge on any atom is 0.0836 e. The molecule has 0 heterocycles. The minimum Gasteiger partial charge on any atom is -0.376 e. The van der Waals surface area contributed by atoms with Crippen LogP contribution < -0.4 is 0 Å². The Morgan fingerprint density at radius 3 is 0.969 bits per heavy atom. The zero-order valence-electron chi connectivity index (χ0n) is 22.8. The van der Waals surface area contributed by atoms with Crippen LogP contribution in [-0.4, -0.2) is 6.61 Å². The molecule has 0 fully saturated rings. The maximum absolute atomic E-state index is 5.71. The van der Waals surface area contributed by atoms with Gasteiger partial charge in [-0.05, 0) is 12.8 Å². The molecule has 0 N–H and O–H groups in total. The van der Waals surface area contributed by atoms with Crippen molar-refractivity contribution in [3.05, 3.63) is 6.61 Å². The quantitative estimate of drug-likeness (QED) is 0.103. The Morgan fingerprint density at radius 2 is 0.625 bits per heavy atom. The van der Waals surface area contributed by atoms with Gasteiger partial charge in [0.1, 0.15) is 0 Å². The summed E-state index contributed by atoms with van der Waals surface area (Å²) in [6, 6.07) is 0. The number of hydrogen-bond acceptors (Lipinski definition) is 1. The van der Waals surface area contributed by atoms with Crippen LogP contribution in [0.5, 0.6) is 0 Å². The summed E-state index contributed by atoms with van der Waals surface area (Å²) in [5.41, 5.74) is 0. The maximum atomic E-state index is 5.71. The van der Waals surface area contributed by atoms with Gasteiger partial charge in [-0.1, -0.05) is 174 Å². The third kappa shape index (κ3) is 30.0. The Balaban J connectivity index is 2.98. The smallest absolute Gasteiger partial charge is 0.0836 e. The average molecular weight is 452 g/mol. The number of unbranched alkanes of at least 4 members (excludes halogenated alkanes) is 25. The molecule has 0 aliphatic heterocycles. The van der Waals surface area contributed by atoms with Crippen molar-refractivity contribution in [1.82, 2.24) is 0 Å². The lowest BCUT2D eigenvalue weighted by atomic mass is 10.0. The molecule has 0 aromatic carbocycles. The van der Waals surface area contributed by atoms with Crippen LogP contribution in [0.25, 0.3) is 0 Å². The van der Waals surface area contributed by atoms with Crippen molar-refractivity contribution in [2.75, 3.05) is 6.61 Å². The Labute approximate surface area is 205 Å². The topological polar surface area (TPSA) is 9.23 Å². The lowest BCUT2D eigenvalue weighted by molar-refractivity contribution is 0.183. The second-order valence-corrected chi connectivity index (χ2v) is 10.3. The molecule has 1 nitrogen and oxygen atoms in total. The zero-order valence-corrected chi connectivity index (χ0v) is 22.8. The van der Waals surface area contributed by atoms with Gasteiger partial charge in [-0.3, -0.25) is 0 Å². The highest BCUT2D eigenvalue weighted by atomic mass is 16.5. The van der Waals surface area contributed by atoms with E-state index in [1.54, 1.807) is 0 Å². The minimum atomic E-state index is 0.940. The van der Waals surface area contributed by atoms with E-state index in [0.29, 0.717) is 0 Å². The van der Waals surface area contributed by atoms with E-state index < -0.39 is 0 Å². The van der Waals surface area contributed by atoms with Crippen LogP contribution in [0.15, 0.2) is 0 Å². The fourth-order valence-corrected chi connectivity index (χ4v) is 4.62. The Hall–Kier alpha value is -0.0400.